The van der Waals surface area contributed by atoms with E-state index >= 15 is 0 Å². The highest BCUT2D eigenvalue weighted by Gasteiger charge is 2.23. The van der Waals surface area contributed by atoms with Crippen LogP contribution in [-0.2, 0) is 9.53 Å². The van der Waals surface area contributed by atoms with Gasteiger partial charge in [0.2, 0.25) is 5.91 Å². The van der Waals surface area contributed by atoms with Crippen LogP contribution in [0, 0.1) is 0 Å². The molecule has 1 saturated heterocycles. The average Bonchev–Trinajstić information content (AvgIpc) is 2.28. The minimum absolute atomic E-state index is 0.165. The SMILES string of the molecule is CC/C=C(/C)C(=O)N1CCO[C@H](CC)C1. The lowest BCUT2D eigenvalue weighted by atomic mass is 10.1. The standard InChI is InChI=1S/C12H21NO2/c1-4-6-10(3)12(14)13-7-8-15-11(5-2)9-13/h6,11H,4-5,7-9H2,1-3H3/b10-6-/t11-/m1/s1. The Morgan fingerprint density at radius 1 is 1.53 bits per heavy atom. The fourth-order valence-electron chi connectivity index (χ4n) is 1.79. The quantitative estimate of drug-likeness (QED) is 0.668. The number of morpholine rings is 1. The van der Waals surface area contributed by atoms with Gasteiger partial charge in [0.05, 0.1) is 12.7 Å². The highest BCUT2D eigenvalue weighted by Crippen LogP contribution is 2.11. The van der Waals surface area contributed by atoms with Crippen LogP contribution in [0.15, 0.2) is 11.6 Å². The van der Waals surface area contributed by atoms with E-state index in [1.807, 2.05) is 24.8 Å². The molecule has 1 rings (SSSR count). The second kappa shape index (κ2) is 5.91. The van der Waals surface area contributed by atoms with Crippen LogP contribution in [0.4, 0.5) is 0 Å². The molecule has 1 amide bonds. The maximum absolute atomic E-state index is 12.0. The number of allylic oxidation sites excluding steroid dienone is 1. The lowest BCUT2D eigenvalue weighted by Crippen LogP contribution is -2.45. The topological polar surface area (TPSA) is 29.5 Å². The van der Waals surface area contributed by atoms with E-state index in [-0.39, 0.29) is 12.0 Å². The summed E-state index contributed by atoms with van der Waals surface area (Å²) in [6.45, 7) is 8.17. The minimum atomic E-state index is 0.165. The summed E-state index contributed by atoms with van der Waals surface area (Å²) < 4.78 is 5.53. The molecule has 86 valence electrons. The van der Waals surface area contributed by atoms with Crippen molar-refractivity contribution >= 4 is 5.91 Å². The van der Waals surface area contributed by atoms with Crippen LogP contribution in [0.25, 0.3) is 0 Å². The summed E-state index contributed by atoms with van der Waals surface area (Å²) in [6.07, 6.45) is 4.09. The fraction of sp³-hybridized carbons (Fsp3) is 0.750. The molecular formula is C12H21NO2. The van der Waals surface area contributed by atoms with Gasteiger partial charge in [0, 0.05) is 18.7 Å². The van der Waals surface area contributed by atoms with E-state index in [1.54, 1.807) is 0 Å². The van der Waals surface area contributed by atoms with Gasteiger partial charge in [-0.25, -0.2) is 0 Å². The van der Waals surface area contributed by atoms with Crippen molar-refractivity contribution in [1.29, 1.82) is 0 Å². The van der Waals surface area contributed by atoms with Crippen LogP contribution in [0.2, 0.25) is 0 Å². The molecule has 0 aromatic carbocycles. The van der Waals surface area contributed by atoms with E-state index < -0.39 is 0 Å². The van der Waals surface area contributed by atoms with E-state index in [4.69, 9.17) is 4.74 Å². The Kier molecular flexibility index (Phi) is 4.82. The smallest absolute Gasteiger partial charge is 0.249 e. The van der Waals surface area contributed by atoms with Crippen molar-refractivity contribution in [3.8, 4) is 0 Å². The average molecular weight is 211 g/mol. The van der Waals surface area contributed by atoms with Crippen LogP contribution in [0.3, 0.4) is 0 Å². The summed E-state index contributed by atoms with van der Waals surface area (Å²) in [4.78, 5) is 13.9. The van der Waals surface area contributed by atoms with E-state index in [0.717, 1.165) is 31.5 Å². The Bertz CT molecular complexity index is 248. The molecule has 15 heavy (non-hydrogen) atoms. The Morgan fingerprint density at radius 3 is 2.87 bits per heavy atom. The fourth-order valence-corrected chi connectivity index (χ4v) is 1.79. The molecule has 1 heterocycles. The number of rotatable bonds is 3. The van der Waals surface area contributed by atoms with Gasteiger partial charge in [-0.1, -0.05) is 19.9 Å². The number of hydrogen-bond donors (Lipinski definition) is 0. The summed E-state index contributed by atoms with van der Waals surface area (Å²) in [7, 11) is 0. The minimum Gasteiger partial charge on any atom is -0.375 e. The third kappa shape index (κ3) is 3.34. The molecule has 0 N–H and O–H groups in total. The Morgan fingerprint density at radius 2 is 2.27 bits per heavy atom. The predicted molar refractivity (Wildman–Crippen MR) is 60.7 cm³/mol. The predicted octanol–water partition coefficient (Wildman–Crippen LogP) is 1.98. The molecule has 1 aliphatic rings. The van der Waals surface area contributed by atoms with Crippen molar-refractivity contribution < 1.29 is 9.53 Å². The molecule has 1 atom stereocenters. The third-order valence-corrected chi connectivity index (χ3v) is 2.73. The largest absolute Gasteiger partial charge is 0.375 e. The maximum Gasteiger partial charge on any atom is 0.249 e. The number of amides is 1. The second-order valence-electron chi connectivity index (χ2n) is 3.95. The number of hydrogen-bond acceptors (Lipinski definition) is 2. The van der Waals surface area contributed by atoms with E-state index in [9.17, 15) is 4.79 Å². The van der Waals surface area contributed by atoms with Crippen LogP contribution in [0.5, 0.6) is 0 Å². The van der Waals surface area contributed by atoms with Crippen molar-refractivity contribution in [2.45, 2.75) is 39.7 Å². The van der Waals surface area contributed by atoms with Gasteiger partial charge in [-0.05, 0) is 19.8 Å². The molecule has 0 unspecified atom stereocenters. The molecule has 1 aliphatic heterocycles. The first-order valence-corrected chi connectivity index (χ1v) is 5.76. The van der Waals surface area contributed by atoms with E-state index in [0.29, 0.717) is 6.61 Å². The van der Waals surface area contributed by atoms with Gasteiger partial charge in [-0.3, -0.25) is 4.79 Å². The molecule has 0 aromatic rings. The lowest BCUT2D eigenvalue weighted by molar-refractivity contribution is -0.134. The van der Waals surface area contributed by atoms with Crippen molar-refractivity contribution in [2.75, 3.05) is 19.7 Å². The molecular weight excluding hydrogens is 190 g/mol. The van der Waals surface area contributed by atoms with Gasteiger partial charge in [0.1, 0.15) is 0 Å². The summed E-state index contributed by atoms with van der Waals surface area (Å²) >= 11 is 0. The third-order valence-electron chi connectivity index (χ3n) is 2.73. The van der Waals surface area contributed by atoms with Crippen molar-refractivity contribution in [3.63, 3.8) is 0 Å². The zero-order chi connectivity index (χ0) is 11.3. The van der Waals surface area contributed by atoms with E-state index in [1.165, 1.54) is 0 Å². The molecule has 3 heteroatoms. The molecule has 1 fully saturated rings. The number of carbonyl (C=O) groups is 1. The molecule has 0 aliphatic carbocycles. The van der Waals surface area contributed by atoms with Gasteiger partial charge in [0.15, 0.2) is 0 Å². The molecule has 0 aromatic heterocycles. The van der Waals surface area contributed by atoms with Crippen molar-refractivity contribution in [2.24, 2.45) is 0 Å². The van der Waals surface area contributed by atoms with Crippen LogP contribution < -0.4 is 0 Å². The molecule has 3 nitrogen and oxygen atoms in total. The molecule has 0 bridgehead atoms. The summed E-state index contributed by atoms with van der Waals surface area (Å²) in [5.74, 6) is 0.165. The van der Waals surface area contributed by atoms with Gasteiger partial charge in [-0.15, -0.1) is 0 Å². The first-order valence-electron chi connectivity index (χ1n) is 5.76. The van der Waals surface area contributed by atoms with Gasteiger partial charge >= 0.3 is 0 Å². The molecule has 0 radical (unpaired) electrons. The lowest BCUT2D eigenvalue weighted by Gasteiger charge is -2.32. The van der Waals surface area contributed by atoms with Crippen LogP contribution in [0.1, 0.15) is 33.6 Å². The van der Waals surface area contributed by atoms with Gasteiger partial charge in [-0.2, -0.15) is 0 Å². The van der Waals surface area contributed by atoms with Crippen LogP contribution in [-0.4, -0.2) is 36.6 Å². The van der Waals surface area contributed by atoms with Crippen molar-refractivity contribution in [3.05, 3.63) is 11.6 Å². The summed E-state index contributed by atoms with van der Waals surface area (Å²) in [5.41, 5.74) is 0.856. The number of ether oxygens (including phenoxy) is 1. The highest BCUT2D eigenvalue weighted by molar-refractivity contribution is 5.92. The Hall–Kier alpha value is -0.830. The monoisotopic (exact) mass is 211 g/mol. The highest BCUT2D eigenvalue weighted by atomic mass is 16.5. The van der Waals surface area contributed by atoms with Crippen LogP contribution >= 0.6 is 0 Å². The molecule has 0 spiro atoms. The Labute approximate surface area is 92.1 Å². The zero-order valence-corrected chi connectivity index (χ0v) is 9.95. The van der Waals surface area contributed by atoms with Crippen molar-refractivity contribution in [1.82, 2.24) is 4.90 Å². The van der Waals surface area contributed by atoms with Gasteiger partial charge < -0.3 is 9.64 Å². The van der Waals surface area contributed by atoms with E-state index in [2.05, 4.69) is 6.92 Å². The maximum atomic E-state index is 12.0. The normalized spacial score (nSPS) is 23.0. The summed E-state index contributed by atoms with van der Waals surface area (Å²) in [6, 6.07) is 0. The first-order chi connectivity index (χ1) is 7.19. The summed E-state index contributed by atoms with van der Waals surface area (Å²) in [5, 5.41) is 0. The van der Waals surface area contributed by atoms with Gasteiger partial charge in [0.25, 0.3) is 0 Å². The zero-order valence-electron chi connectivity index (χ0n) is 9.95. The first kappa shape index (κ1) is 12.2. The number of nitrogens with zero attached hydrogens (tertiary/aromatic N) is 1. The molecule has 0 saturated carbocycles. The number of carbonyl (C=O) groups excluding carboxylic acids is 1. The second-order valence-corrected chi connectivity index (χ2v) is 3.95. The Balaban J connectivity index is 2.56.